The van der Waals surface area contributed by atoms with Gasteiger partial charge in [0.2, 0.25) is 0 Å². The van der Waals surface area contributed by atoms with Crippen LogP contribution in [-0.2, 0) is 9.98 Å². The Morgan fingerprint density at radius 1 is 0.393 bits per heavy atom. The van der Waals surface area contributed by atoms with E-state index in [-0.39, 0.29) is 0 Å². The number of hydrogen-bond donors (Lipinski definition) is 0. The fourth-order valence-corrected chi connectivity index (χ4v) is 14.8. The predicted octanol–water partition coefficient (Wildman–Crippen LogP) is 10.7. The topological polar surface area (TPSA) is 17.1 Å². The molecule has 10 rings (SSSR count). The third-order valence-corrected chi connectivity index (χ3v) is 17.6. The Kier molecular flexibility index (Phi) is 8.27. The first-order chi connectivity index (χ1) is 27.3. The summed E-state index contributed by atoms with van der Waals surface area (Å²) >= 11 is 0. The van der Waals surface area contributed by atoms with E-state index in [0.717, 1.165) is 38.2 Å². The third-order valence-electron chi connectivity index (χ3n) is 12.0. The van der Waals surface area contributed by atoms with Gasteiger partial charge in [0.15, 0.2) is 7.14 Å². The molecular weight excluding hydrogens is 715 g/mol. The Morgan fingerprint density at radius 3 is 1.27 bits per heavy atom. The van der Waals surface area contributed by atoms with Crippen molar-refractivity contribution in [1.29, 1.82) is 0 Å². The minimum atomic E-state index is -3.45. The first-order valence-corrected chi connectivity index (χ1v) is 22.5. The second-order valence-electron chi connectivity index (χ2n) is 15.5. The summed E-state index contributed by atoms with van der Waals surface area (Å²) in [5.41, 5.74) is 13.9. The molecule has 0 aromatic heterocycles. The van der Waals surface area contributed by atoms with E-state index in [2.05, 4.69) is 210 Å². The van der Waals surface area contributed by atoms with Crippen LogP contribution in [0, 0.1) is 27.7 Å². The summed E-state index contributed by atoms with van der Waals surface area (Å²) < 4.78 is 16.8. The van der Waals surface area contributed by atoms with E-state index in [1.165, 1.54) is 60.4 Å². The van der Waals surface area contributed by atoms with Gasteiger partial charge < -0.3 is 4.57 Å². The Balaban J connectivity index is 1.37. The standard InChI is InChI=1S/C53H42OP2/c1-35-19-27-39(28-20-35)55(40-29-21-36(2)22-30-40)49-17-9-13-45-43-11-5-7-15-47(43)53(51(45)49)48-16-8-6-12-44(48)46-14-10-18-50(52(46)53)56(54,41-31-23-37(3)24-32-41)42-33-25-38(4)26-34-42/h5-34H,1-4H3/t53-/m1/s1. The lowest BCUT2D eigenvalue weighted by molar-refractivity contribution is 0.592. The summed E-state index contributed by atoms with van der Waals surface area (Å²) in [6, 6.07) is 66.7. The van der Waals surface area contributed by atoms with Crippen molar-refractivity contribution in [3.63, 3.8) is 0 Å². The second-order valence-corrected chi connectivity index (χ2v) is 20.4. The molecule has 2 aliphatic rings. The van der Waals surface area contributed by atoms with Crippen LogP contribution in [0.2, 0.25) is 0 Å². The monoisotopic (exact) mass is 756 g/mol. The van der Waals surface area contributed by atoms with Crippen molar-refractivity contribution < 1.29 is 4.57 Å². The molecule has 0 N–H and O–H groups in total. The maximum Gasteiger partial charge on any atom is 0.171 e. The zero-order chi connectivity index (χ0) is 38.2. The Labute approximate surface area is 331 Å². The average Bonchev–Trinajstić information content (AvgIpc) is 3.70. The summed E-state index contributed by atoms with van der Waals surface area (Å²) in [6.07, 6.45) is 0. The van der Waals surface area contributed by atoms with Gasteiger partial charge in [-0.05, 0) is 96.0 Å². The lowest BCUT2D eigenvalue weighted by atomic mass is 9.70. The van der Waals surface area contributed by atoms with E-state index in [9.17, 15) is 0 Å². The van der Waals surface area contributed by atoms with Gasteiger partial charge in [-0.3, -0.25) is 0 Å². The quantitative estimate of drug-likeness (QED) is 0.154. The molecular formula is C53H42OP2. The minimum Gasteiger partial charge on any atom is -0.309 e. The highest BCUT2D eigenvalue weighted by Crippen LogP contribution is 2.65. The molecule has 1 nitrogen and oxygen atoms in total. The molecule has 0 bridgehead atoms. The van der Waals surface area contributed by atoms with Crippen molar-refractivity contribution >= 4 is 46.9 Å². The third kappa shape index (κ3) is 5.08. The van der Waals surface area contributed by atoms with E-state index >= 15 is 4.57 Å². The van der Waals surface area contributed by atoms with Gasteiger partial charge in [-0.1, -0.05) is 204 Å². The summed E-state index contributed by atoms with van der Waals surface area (Å²) in [5.74, 6) is 0. The highest BCUT2D eigenvalue weighted by Gasteiger charge is 2.56. The zero-order valence-electron chi connectivity index (χ0n) is 32.1. The van der Waals surface area contributed by atoms with E-state index in [4.69, 9.17) is 0 Å². The summed E-state index contributed by atoms with van der Waals surface area (Å²) in [4.78, 5) is 0. The van der Waals surface area contributed by atoms with Crippen LogP contribution in [-0.4, -0.2) is 0 Å². The second kappa shape index (κ2) is 13.3. The number of aryl methyl sites for hydroxylation is 4. The summed E-state index contributed by atoms with van der Waals surface area (Å²) in [6.45, 7) is 8.53. The number of fused-ring (bicyclic) bond motifs is 10. The Morgan fingerprint density at radius 2 is 0.786 bits per heavy atom. The van der Waals surface area contributed by atoms with Crippen LogP contribution < -0.4 is 31.8 Å². The molecule has 0 heterocycles. The van der Waals surface area contributed by atoms with Crippen molar-refractivity contribution in [1.82, 2.24) is 0 Å². The molecule has 270 valence electrons. The van der Waals surface area contributed by atoms with Crippen molar-refractivity contribution in [2.24, 2.45) is 0 Å². The lowest BCUT2D eigenvalue weighted by Gasteiger charge is -2.36. The first-order valence-electron chi connectivity index (χ1n) is 19.5. The van der Waals surface area contributed by atoms with Crippen LogP contribution in [0.25, 0.3) is 22.3 Å². The molecule has 1 atom stereocenters. The molecule has 0 aliphatic heterocycles. The summed E-state index contributed by atoms with van der Waals surface area (Å²) in [5, 5.41) is 6.59. The minimum absolute atomic E-state index is 0.716. The van der Waals surface area contributed by atoms with Crippen LogP contribution in [0.5, 0.6) is 0 Å². The van der Waals surface area contributed by atoms with Crippen LogP contribution in [0.15, 0.2) is 182 Å². The molecule has 8 aromatic rings. The highest BCUT2D eigenvalue weighted by molar-refractivity contribution is 7.85. The molecule has 0 amide bonds. The number of rotatable bonds is 6. The van der Waals surface area contributed by atoms with Crippen molar-refractivity contribution in [3.05, 3.63) is 226 Å². The van der Waals surface area contributed by atoms with Crippen LogP contribution in [0.3, 0.4) is 0 Å². The Hall–Kier alpha value is -5.58. The van der Waals surface area contributed by atoms with Crippen LogP contribution in [0.4, 0.5) is 0 Å². The molecule has 0 saturated carbocycles. The SMILES string of the molecule is Cc1ccc(P(c2ccc(C)cc2)c2cccc3c2[C@@]2(c4ccccc4-3)c3ccccc3-c3cccc(P(=O)(c4ccc(C)cc4)c4ccc(C)cc4)c32)cc1. The number of benzene rings is 8. The zero-order valence-corrected chi connectivity index (χ0v) is 33.9. The van der Waals surface area contributed by atoms with Crippen molar-refractivity contribution in [3.8, 4) is 22.3 Å². The fraction of sp³-hybridized carbons (Fsp3) is 0.0943. The molecule has 8 aromatic carbocycles. The largest absolute Gasteiger partial charge is 0.309 e. The van der Waals surface area contributed by atoms with Gasteiger partial charge >= 0.3 is 0 Å². The van der Waals surface area contributed by atoms with E-state index in [1.54, 1.807) is 0 Å². The van der Waals surface area contributed by atoms with Gasteiger partial charge in [-0.15, -0.1) is 0 Å². The molecule has 2 aliphatic carbocycles. The van der Waals surface area contributed by atoms with Gasteiger partial charge in [0.25, 0.3) is 0 Å². The molecule has 3 heteroatoms. The smallest absolute Gasteiger partial charge is 0.171 e. The molecule has 56 heavy (non-hydrogen) atoms. The normalized spacial score (nSPS) is 15.1. The van der Waals surface area contributed by atoms with E-state index in [0.29, 0.717) is 0 Å². The van der Waals surface area contributed by atoms with Gasteiger partial charge in [0, 0.05) is 15.9 Å². The van der Waals surface area contributed by atoms with E-state index in [1.807, 2.05) is 0 Å². The van der Waals surface area contributed by atoms with Gasteiger partial charge in [0.1, 0.15) is 0 Å². The van der Waals surface area contributed by atoms with Gasteiger partial charge in [-0.25, -0.2) is 0 Å². The lowest BCUT2D eigenvalue weighted by Crippen LogP contribution is -2.38. The van der Waals surface area contributed by atoms with Gasteiger partial charge in [-0.2, -0.15) is 0 Å². The first kappa shape index (κ1) is 34.9. The van der Waals surface area contributed by atoms with Crippen LogP contribution in [0.1, 0.15) is 44.5 Å². The van der Waals surface area contributed by atoms with E-state index < -0.39 is 20.5 Å². The average molecular weight is 757 g/mol. The van der Waals surface area contributed by atoms with Crippen LogP contribution >= 0.6 is 15.1 Å². The van der Waals surface area contributed by atoms with Crippen molar-refractivity contribution in [2.75, 3.05) is 0 Å². The van der Waals surface area contributed by atoms with Crippen molar-refractivity contribution in [2.45, 2.75) is 33.1 Å². The highest BCUT2D eigenvalue weighted by atomic mass is 31.2. The Bertz CT molecular complexity index is 2740. The number of hydrogen-bond acceptors (Lipinski definition) is 1. The summed E-state index contributed by atoms with van der Waals surface area (Å²) in [7, 11) is -4.45. The predicted molar refractivity (Wildman–Crippen MR) is 240 cm³/mol. The molecule has 1 spiro atoms. The molecule has 0 saturated heterocycles. The molecule has 0 radical (unpaired) electrons. The maximum absolute atomic E-state index is 16.8. The molecule has 0 unspecified atom stereocenters. The maximum atomic E-state index is 16.8. The fourth-order valence-electron chi connectivity index (χ4n) is 9.42. The van der Waals surface area contributed by atoms with Gasteiger partial charge in [0.05, 0.1) is 5.41 Å². The molecule has 0 fully saturated rings.